The molecule has 630 valence electrons. The molecule has 0 unspecified atom stereocenters. The molecule has 3 aliphatic carbocycles. The first kappa shape index (κ1) is 86.0. The van der Waals surface area contributed by atoms with E-state index < -0.39 is 141 Å². The number of hydrogen-bond donors (Lipinski definition) is 3. The molecule has 45 heteroatoms. The zero-order valence-corrected chi connectivity index (χ0v) is 65.3. The number of sulfonamides is 2. The number of ether oxygens (including phenoxy) is 3. The fourth-order valence-corrected chi connectivity index (χ4v) is 17.0. The van der Waals surface area contributed by atoms with Crippen LogP contribution in [-0.2, 0) is 30.2 Å². The number of alkyl halides is 9. The SMILES string of the molecule is COc1cc([C@@H]2C[C@H]2C(F)(F)F)c(Cl)cc1-n1c(=O)ccc2cc(S(=O)(=O)Nc3ccon3)ccc21.COc1cc([C@@H]2C[C@H]2C(F)(F)F)c(Cl)cc1-n1c(=O)ccc2cc(S(=O)(=O)Oc3c(F)c(F)c(F)c(F)c3F)ccc21.COc1cc([C@H]2C[C@@H]2C(F)(F)F)c(Cl)cc1-n1c(=O)ccc2cc(S(=O)(=O)Nc3ccon3)ccc21.Nc1ccon1. The number of nitrogens with two attached hydrogens (primary N) is 1. The molecule has 0 amide bonds. The Morgan fingerprint density at radius 3 is 1.00 bits per heavy atom. The van der Waals surface area contributed by atoms with E-state index in [1.54, 1.807) is 6.07 Å². The van der Waals surface area contributed by atoms with Crippen molar-refractivity contribution in [2.24, 2.45) is 17.8 Å². The summed E-state index contributed by atoms with van der Waals surface area (Å²) in [7, 11) is -9.32. The number of hydrogen-bond acceptors (Lipinski definition) is 20. The highest BCUT2D eigenvalue weighted by Crippen LogP contribution is 2.61. The summed E-state index contributed by atoms with van der Waals surface area (Å²) in [6.45, 7) is 0. The largest absolute Gasteiger partial charge is 0.495 e. The third-order valence-electron chi connectivity index (χ3n) is 19.1. The molecule has 120 heavy (non-hydrogen) atoms. The molecule has 6 atom stereocenters. The van der Waals surface area contributed by atoms with Gasteiger partial charge in [-0.15, -0.1) is 0 Å². The molecule has 7 aromatic carbocycles. The molecule has 4 N–H and O–H groups in total. The Labute approximate surface area is 680 Å². The summed E-state index contributed by atoms with van der Waals surface area (Å²) < 4.78 is 305. The normalized spacial score (nSPS) is 17.1. The lowest BCUT2D eigenvalue weighted by atomic mass is 10.1. The van der Waals surface area contributed by atoms with Crippen molar-refractivity contribution in [1.29, 1.82) is 0 Å². The van der Waals surface area contributed by atoms with E-state index >= 15 is 0 Å². The number of fused-ring (bicyclic) bond motifs is 3. The number of pyridine rings is 3. The van der Waals surface area contributed by atoms with Gasteiger partial charge < -0.3 is 37.7 Å². The van der Waals surface area contributed by atoms with E-state index in [0.717, 1.165) is 28.8 Å². The van der Waals surface area contributed by atoms with Gasteiger partial charge in [-0.25, -0.2) is 30.0 Å². The molecular weight excluding hydrogens is 1750 g/mol. The lowest BCUT2D eigenvalue weighted by Crippen LogP contribution is -2.19. The lowest BCUT2D eigenvalue weighted by molar-refractivity contribution is -0.149. The van der Waals surface area contributed by atoms with Crippen LogP contribution in [0.2, 0.25) is 15.1 Å². The molecule has 3 aliphatic rings. The number of benzene rings is 7. The van der Waals surface area contributed by atoms with Gasteiger partial charge in [0.15, 0.2) is 17.5 Å². The Morgan fingerprint density at radius 1 is 0.417 bits per heavy atom. The van der Waals surface area contributed by atoms with E-state index in [2.05, 4.69) is 42.7 Å². The molecule has 6 heterocycles. The Bertz CT molecular complexity index is 6470. The molecule has 13 aromatic rings. The highest BCUT2D eigenvalue weighted by molar-refractivity contribution is 7.93. The topological polar surface area (TPSA) is 334 Å². The standard InChI is InChI=1S/C26H14ClF8NO5S.2C23H17ClF3N3O5S.C3H4N2O/c1-40-18-8-13(12-7-14(12)26(33,34)35)15(27)9-17(18)36-16-4-3-11(6-10(16)2-5-19(36)37)42(38,39)41-25-23(31)21(29)20(28)22(30)24(25)32;2*1-34-20-10-15(14-9-16(14)23(25,26)27)17(24)11-19(20)30-18-4-3-13(8-12(18)2-5-22(30)31)36(32,33)29-21-6-7-35-28-21;4-3-1-2-6-5-3/h2-6,8-9,12,14H,7H2,1H3;2*2-8,10-11,14,16H,9H2,1H3,(H,28,29);1-2H,(H2,4,5)/t12-,14+;2*14-,16+;/m010./s1. The van der Waals surface area contributed by atoms with Crippen molar-refractivity contribution in [3.63, 3.8) is 0 Å². The Balaban J connectivity index is 0.000000150. The van der Waals surface area contributed by atoms with Crippen LogP contribution >= 0.6 is 34.8 Å². The number of nitrogen functional groups attached to an aromatic ring is 1. The second kappa shape index (κ2) is 32.7. The lowest BCUT2D eigenvalue weighted by Gasteiger charge is -2.17. The minimum Gasteiger partial charge on any atom is -0.495 e. The van der Waals surface area contributed by atoms with Crippen LogP contribution in [0.3, 0.4) is 0 Å². The molecular formula is C75H52Cl3F14N9O16S3. The van der Waals surface area contributed by atoms with E-state index in [4.69, 9.17) is 54.7 Å². The van der Waals surface area contributed by atoms with Crippen LogP contribution in [-0.4, -0.2) is 94.3 Å². The van der Waals surface area contributed by atoms with Crippen molar-refractivity contribution in [2.75, 3.05) is 36.5 Å². The summed E-state index contributed by atoms with van der Waals surface area (Å²) >= 11 is 19.1. The summed E-state index contributed by atoms with van der Waals surface area (Å²) in [6.07, 6.45) is -9.54. The molecule has 16 rings (SSSR count). The van der Waals surface area contributed by atoms with Gasteiger partial charge in [0.1, 0.15) is 40.9 Å². The van der Waals surface area contributed by atoms with Crippen molar-refractivity contribution in [2.45, 2.75) is 70.2 Å². The van der Waals surface area contributed by atoms with Crippen LogP contribution < -0.4 is 50.2 Å². The summed E-state index contributed by atoms with van der Waals surface area (Å²) in [5.41, 5.74) is 5.31. The van der Waals surface area contributed by atoms with Crippen LogP contribution in [0.5, 0.6) is 23.0 Å². The van der Waals surface area contributed by atoms with Crippen LogP contribution in [0.25, 0.3) is 49.8 Å². The third kappa shape index (κ3) is 17.6. The monoisotopic (exact) mass is 1800 g/mol. The molecule has 3 saturated carbocycles. The highest BCUT2D eigenvalue weighted by atomic mass is 35.5. The van der Waals surface area contributed by atoms with Gasteiger partial charge in [0.25, 0.3) is 36.7 Å². The fraction of sp³-hybridized carbons (Fsp3) is 0.200. The summed E-state index contributed by atoms with van der Waals surface area (Å²) in [6, 6.07) is 31.0. The van der Waals surface area contributed by atoms with Crippen LogP contribution in [0.15, 0.2) is 207 Å². The Kier molecular flexibility index (Phi) is 23.4. The first-order valence-corrected chi connectivity index (χ1v) is 39.7. The maximum Gasteiger partial charge on any atom is 0.392 e. The van der Waals surface area contributed by atoms with Crippen molar-refractivity contribution < 1.29 is 119 Å². The van der Waals surface area contributed by atoms with Gasteiger partial charge in [0.05, 0.1) is 82.5 Å². The maximum absolute atomic E-state index is 14.0. The smallest absolute Gasteiger partial charge is 0.392 e. The van der Waals surface area contributed by atoms with E-state index in [-0.39, 0.29) is 107 Å². The van der Waals surface area contributed by atoms with Gasteiger partial charge >= 0.3 is 28.6 Å². The van der Waals surface area contributed by atoms with Gasteiger partial charge in [-0.3, -0.25) is 37.5 Å². The van der Waals surface area contributed by atoms with Crippen LogP contribution in [0.1, 0.15) is 53.7 Å². The zero-order valence-electron chi connectivity index (χ0n) is 60.6. The fourth-order valence-electron chi connectivity index (χ4n) is 13.1. The minimum atomic E-state index is -5.19. The minimum absolute atomic E-state index is 0.000629. The first-order valence-electron chi connectivity index (χ1n) is 34.2. The van der Waals surface area contributed by atoms with Gasteiger partial charge in [-0.05, 0) is 163 Å². The maximum atomic E-state index is 14.0. The van der Waals surface area contributed by atoms with Crippen molar-refractivity contribution in [3.8, 4) is 40.1 Å². The summed E-state index contributed by atoms with van der Waals surface area (Å²) in [5, 5.41) is 11.2. The van der Waals surface area contributed by atoms with E-state index in [1.165, 1.54) is 165 Å². The van der Waals surface area contributed by atoms with Crippen molar-refractivity contribution in [1.82, 2.24) is 29.2 Å². The number of rotatable bonds is 18. The van der Waals surface area contributed by atoms with E-state index in [9.17, 15) is 101 Å². The molecule has 25 nitrogen and oxygen atoms in total. The molecule has 0 saturated heterocycles. The number of nitrogens with zero attached hydrogens (tertiary/aromatic N) is 6. The van der Waals surface area contributed by atoms with Crippen LogP contribution in [0, 0.1) is 46.8 Å². The van der Waals surface area contributed by atoms with Gasteiger partial charge in [-0.2, -0.15) is 56.7 Å². The molecule has 3 fully saturated rings. The van der Waals surface area contributed by atoms with E-state index in [1.807, 2.05) is 0 Å². The van der Waals surface area contributed by atoms with E-state index in [0.29, 0.717) is 38.8 Å². The number of methoxy groups -OCH3 is 3. The van der Waals surface area contributed by atoms with Gasteiger partial charge in [0.2, 0.25) is 34.8 Å². The molecule has 0 aliphatic heterocycles. The summed E-state index contributed by atoms with van der Waals surface area (Å²) in [4.78, 5) is 37.7. The number of anilines is 3. The van der Waals surface area contributed by atoms with Crippen molar-refractivity contribution >= 4 is 115 Å². The average molecular weight is 1800 g/mol. The second-order valence-corrected chi connectivity index (χ2v) is 32.8. The Hall–Kier alpha value is -11.9. The molecule has 0 bridgehead atoms. The van der Waals surface area contributed by atoms with Gasteiger partial charge in [-0.1, -0.05) is 50.3 Å². The highest BCUT2D eigenvalue weighted by Gasteiger charge is 2.59. The predicted molar refractivity (Wildman–Crippen MR) is 404 cm³/mol. The molecule has 6 aromatic heterocycles. The quantitative estimate of drug-likeness (QED) is 0.0311. The Morgan fingerprint density at radius 2 is 0.725 bits per heavy atom. The van der Waals surface area contributed by atoms with Crippen molar-refractivity contribution in [3.05, 3.63) is 256 Å². The number of aromatic nitrogens is 6. The third-order valence-corrected chi connectivity index (χ3v) is 24.0. The first-order chi connectivity index (χ1) is 56.4. The number of halogens is 17. The van der Waals surface area contributed by atoms with Crippen LogP contribution in [0.4, 0.5) is 78.9 Å². The molecule has 0 spiro atoms. The average Bonchev–Trinajstić information content (AvgIpc) is 1.55. The summed E-state index contributed by atoms with van der Waals surface area (Å²) in [5.74, 6) is -20.7. The molecule has 0 radical (unpaired) electrons. The second-order valence-electron chi connectivity index (χ2n) is 26.6. The predicted octanol–water partition coefficient (Wildman–Crippen LogP) is 17.3. The van der Waals surface area contributed by atoms with Gasteiger partial charge in [0, 0.05) is 67.6 Å². The zero-order chi connectivity index (χ0) is 86.9. The number of nitrogens with one attached hydrogen (secondary N) is 2.